The zero-order valence-electron chi connectivity index (χ0n) is 13.4. The number of esters is 1. The van der Waals surface area contributed by atoms with Gasteiger partial charge in [0.05, 0.1) is 31.2 Å². The van der Waals surface area contributed by atoms with Crippen molar-refractivity contribution in [2.75, 3.05) is 19.0 Å². The monoisotopic (exact) mass is 330 g/mol. The Bertz CT molecular complexity index is 724. The van der Waals surface area contributed by atoms with E-state index in [9.17, 15) is 14.4 Å². The molecule has 0 spiro atoms. The summed E-state index contributed by atoms with van der Waals surface area (Å²) in [6.07, 6.45) is 1.50. The summed E-state index contributed by atoms with van der Waals surface area (Å²) in [5.41, 5.74) is 0.574. The predicted molar refractivity (Wildman–Crippen MR) is 86.2 cm³/mol. The summed E-state index contributed by atoms with van der Waals surface area (Å²) in [7, 11) is 1.27. The molecule has 0 bridgehead atoms. The molecule has 1 aromatic heterocycles. The molecule has 0 atom stereocenters. The molecule has 24 heavy (non-hydrogen) atoms. The van der Waals surface area contributed by atoms with E-state index in [0.29, 0.717) is 11.4 Å². The van der Waals surface area contributed by atoms with Gasteiger partial charge in [0.1, 0.15) is 12.3 Å². The fourth-order valence-electron chi connectivity index (χ4n) is 2.11. The van der Waals surface area contributed by atoms with Crippen LogP contribution in [0.15, 0.2) is 47.1 Å². The van der Waals surface area contributed by atoms with Gasteiger partial charge in [-0.2, -0.15) is 0 Å². The maximum atomic E-state index is 12.2. The highest BCUT2D eigenvalue weighted by molar-refractivity contribution is 6.02. The van der Waals surface area contributed by atoms with Crippen LogP contribution in [0.3, 0.4) is 0 Å². The number of methoxy groups -OCH3 is 1. The number of furan rings is 1. The number of ether oxygens (including phenoxy) is 1. The molecule has 0 aliphatic heterocycles. The molecule has 0 aliphatic rings. The van der Waals surface area contributed by atoms with Crippen LogP contribution < -0.4 is 5.32 Å². The van der Waals surface area contributed by atoms with E-state index in [2.05, 4.69) is 10.1 Å². The second-order valence-electron chi connectivity index (χ2n) is 5.04. The lowest BCUT2D eigenvalue weighted by molar-refractivity contribution is -0.133. The van der Waals surface area contributed by atoms with Crippen molar-refractivity contribution >= 4 is 23.5 Å². The lowest BCUT2D eigenvalue weighted by Gasteiger charge is -2.19. The summed E-state index contributed by atoms with van der Waals surface area (Å²) in [6.45, 7) is 1.40. The molecule has 1 aromatic carbocycles. The molecule has 2 amide bonds. The Hall–Kier alpha value is -3.09. The molecule has 126 valence electrons. The van der Waals surface area contributed by atoms with Crippen LogP contribution in [0.5, 0.6) is 0 Å². The molecule has 0 radical (unpaired) electrons. The molecule has 0 saturated heterocycles. The van der Waals surface area contributed by atoms with Crippen LogP contribution in [0.1, 0.15) is 23.0 Å². The topological polar surface area (TPSA) is 88.8 Å². The number of nitrogens with one attached hydrogen (secondary N) is 1. The lowest BCUT2D eigenvalue weighted by Crippen LogP contribution is -2.36. The average molecular weight is 330 g/mol. The number of hydrogen-bond acceptors (Lipinski definition) is 5. The molecule has 2 rings (SSSR count). The van der Waals surface area contributed by atoms with Crippen LogP contribution in [-0.4, -0.2) is 36.3 Å². The van der Waals surface area contributed by atoms with Gasteiger partial charge >= 0.3 is 5.97 Å². The first-order chi connectivity index (χ1) is 11.5. The number of carbonyl (C=O) groups excluding carboxylic acids is 3. The van der Waals surface area contributed by atoms with E-state index in [1.165, 1.54) is 25.2 Å². The third kappa shape index (κ3) is 4.45. The first kappa shape index (κ1) is 17.3. The number of para-hydroxylation sites is 1. The van der Waals surface area contributed by atoms with Gasteiger partial charge in [0.25, 0.3) is 0 Å². The standard InChI is InChI=1S/C17H18N2O5/c1-12(20)19(10-13-6-5-9-24-13)11-16(21)18-15-8-4-3-7-14(15)17(22)23-2/h3-9H,10-11H2,1-2H3,(H,18,21). The van der Waals surface area contributed by atoms with Gasteiger partial charge in [-0.25, -0.2) is 4.79 Å². The van der Waals surface area contributed by atoms with Gasteiger partial charge in [0.2, 0.25) is 11.8 Å². The minimum atomic E-state index is -0.551. The van der Waals surface area contributed by atoms with Gasteiger partial charge in [-0.05, 0) is 24.3 Å². The van der Waals surface area contributed by atoms with Gasteiger partial charge in [0, 0.05) is 6.92 Å². The van der Waals surface area contributed by atoms with Crippen molar-refractivity contribution in [3.8, 4) is 0 Å². The number of carbonyl (C=O) groups is 3. The van der Waals surface area contributed by atoms with E-state index in [1.807, 2.05) is 0 Å². The zero-order valence-corrected chi connectivity index (χ0v) is 13.4. The van der Waals surface area contributed by atoms with Crippen molar-refractivity contribution in [1.82, 2.24) is 4.90 Å². The molecular formula is C17H18N2O5. The number of anilines is 1. The SMILES string of the molecule is COC(=O)c1ccccc1NC(=O)CN(Cc1ccco1)C(C)=O. The van der Waals surface area contributed by atoms with E-state index in [-0.39, 0.29) is 24.6 Å². The normalized spacial score (nSPS) is 10.1. The summed E-state index contributed by atoms with van der Waals surface area (Å²) >= 11 is 0. The van der Waals surface area contributed by atoms with Gasteiger partial charge < -0.3 is 19.4 Å². The van der Waals surface area contributed by atoms with Crippen molar-refractivity contribution < 1.29 is 23.5 Å². The predicted octanol–water partition coefficient (Wildman–Crippen LogP) is 2.05. The number of nitrogens with zero attached hydrogens (tertiary/aromatic N) is 1. The lowest BCUT2D eigenvalue weighted by atomic mass is 10.2. The second-order valence-corrected chi connectivity index (χ2v) is 5.04. The highest BCUT2D eigenvalue weighted by Crippen LogP contribution is 2.16. The van der Waals surface area contributed by atoms with Crippen molar-refractivity contribution in [3.63, 3.8) is 0 Å². The fraction of sp³-hybridized carbons (Fsp3) is 0.235. The maximum Gasteiger partial charge on any atom is 0.339 e. The smallest absolute Gasteiger partial charge is 0.339 e. The first-order valence-electron chi connectivity index (χ1n) is 7.26. The number of benzene rings is 1. The molecule has 1 N–H and O–H groups in total. The van der Waals surface area contributed by atoms with Crippen LogP contribution in [0.2, 0.25) is 0 Å². The highest BCUT2D eigenvalue weighted by atomic mass is 16.5. The quantitative estimate of drug-likeness (QED) is 0.819. The summed E-state index contributed by atoms with van der Waals surface area (Å²) in [4.78, 5) is 37.0. The van der Waals surface area contributed by atoms with Crippen LogP contribution in [0.4, 0.5) is 5.69 Å². The molecule has 2 aromatic rings. The Morgan fingerprint density at radius 2 is 1.92 bits per heavy atom. The van der Waals surface area contributed by atoms with Crippen molar-refractivity contribution in [2.45, 2.75) is 13.5 Å². The van der Waals surface area contributed by atoms with Crippen LogP contribution >= 0.6 is 0 Å². The Morgan fingerprint density at radius 3 is 2.54 bits per heavy atom. The molecule has 0 aliphatic carbocycles. The zero-order chi connectivity index (χ0) is 17.5. The van der Waals surface area contributed by atoms with Gasteiger partial charge in [0.15, 0.2) is 0 Å². The molecular weight excluding hydrogens is 312 g/mol. The third-order valence-corrected chi connectivity index (χ3v) is 3.31. The first-order valence-corrected chi connectivity index (χ1v) is 7.26. The van der Waals surface area contributed by atoms with Gasteiger partial charge in [-0.1, -0.05) is 12.1 Å². The van der Waals surface area contributed by atoms with Crippen LogP contribution in [-0.2, 0) is 20.9 Å². The van der Waals surface area contributed by atoms with E-state index in [4.69, 9.17) is 4.42 Å². The molecule has 0 fully saturated rings. The Kier molecular flexibility index (Phi) is 5.73. The van der Waals surface area contributed by atoms with E-state index >= 15 is 0 Å². The summed E-state index contributed by atoms with van der Waals surface area (Å²) in [5, 5.41) is 2.63. The summed E-state index contributed by atoms with van der Waals surface area (Å²) in [6, 6.07) is 9.93. The molecule has 0 unspecified atom stereocenters. The Balaban J connectivity index is 2.06. The third-order valence-electron chi connectivity index (χ3n) is 3.31. The largest absolute Gasteiger partial charge is 0.467 e. The van der Waals surface area contributed by atoms with E-state index in [0.717, 1.165) is 0 Å². The van der Waals surface area contributed by atoms with E-state index < -0.39 is 11.9 Å². The van der Waals surface area contributed by atoms with Gasteiger partial charge in [-0.3, -0.25) is 9.59 Å². The minimum absolute atomic E-state index is 0.161. The molecule has 1 heterocycles. The Morgan fingerprint density at radius 1 is 1.17 bits per heavy atom. The van der Waals surface area contributed by atoms with Crippen LogP contribution in [0.25, 0.3) is 0 Å². The second kappa shape index (κ2) is 7.96. The van der Waals surface area contributed by atoms with Crippen molar-refractivity contribution in [2.24, 2.45) is 0 Å². The number of amides is 2. The fourth-order valence-corrected chi connectivity index (χ4v) is 2.11. The van der Waals surface area contributed by atoms with Gasteiger partial charge in [-0.15, -0.1) is 0 Å². The molecule has 0 saturated carbocycles. The van der Waals surface area contributed by atoms with Crippen molar-refractivity contribution in [3.05, 3.63) is 54.0 Å². The average Bonchev–Trinajstić information content (AvgIpc) is 3.07. The van der Waals surface area contributed by atoms with E-state index in [1.54, 1.807) is 36.4 Å². The van der Waals surface area contributed by atoms with Crippen molar-refractivity contribution in [1.29, 1.82) is 0 Å². The highest BCUT2D eigenvalue weighted by Gasteiger charge is 2.18. The minimum Gasteiger partial charge on any atom is -0.467 e. The maximum absolute atomic E-state index is 12.2. The number of rotatable bonds is 6. The molecule has 7 heteroatoms. The molecule has 7 nitrogen and oxygen atoms in total. The Labute approximate surface area is 139 Å². The number of hydrogen-bond donors (Lipinski definition) is 1. The van der Waals surface area contributed by atoms with Crippen LogP contribution in [0, 0.1) is 0 Å². The summed E-state index contributed by atoms with van der Waals surface area (Å²) < 4.78 is 9.87. The summed E-state index contributed by atoms with van der Waals surface area (Å²) in [5.74, 6) is -0.659.